The van der Waals surface area contributed by atoms with Crippen LogP contribution in [0.2, 0.25) is 0 Å². The zero-order valence-corrected chi connectivity index (χ0v) is 12.8. The van der Waals surface area contributed by atoms with Gasteiger partial charge in [-0.15, -0.1) is 0 Å². The van der Waals surface area contributed by atoms with Gasteiger partial charge in [0.15, 0.2) is 21.5 Å². The molecule has 0 radical (unpaired) electrons. The monoisotopic (exact) mass is 319 g/mol. The molecule has 0 bridgehead atoms. The highest BCUT2D eigenvalue weighted by atomic mass is 32.2. The van der Waals surface area contributed by atoms with E-state index in [-0.39, 0.29) is 18.2 Å². The van der Waals surface area contributed by atoms with Crippen LogP contribution in [0.5, 0.6) is 0 Å². The van der Waals surface area contributed by atoms with Gasteiger partial charge < -0.3 is 5.32 Å². The molecule has 7 heteroatoms. The van der Waals surface area contributed by atoms with Crippen LogP contribution in [0.4, 0.5) is 8.78 Å². The Balaban J connectivity index is 2.54. The number of halogens is 2. The molecule has 1 rings (SSSR count). The summed E-state index contributed by atoms with van der Waals surface area (Å²) < 4.78 is 48.9. The molecule has 0 aliphatic heterocycles. The molecule has 0 aliphatic carbocycles. The van der Waals surface area contributed by atoms with Crippen molar-refractivity contribution in [2.45, 2.75) is 26.2 Å². The quantitative estimate of drug-likeness (QED) is 0.836. The van der Waals surface area contributed by atoms with Gasteiger partial charge >= 0.3 is 0 Å². The molecular formula is C14H19F2NO3S. The summed E-state index contributed by atoms with van der Waals surface area (Å²) in [6, 6.07) is 3.53. The number of sulfone groups is 1. The first-order chi connectivity index (χ1) is 9.75. The zero-order valence-electron chi connectivity index (χ0n) is 12.0. The minimum Gasteiger partial charge on any atom is -0.355 e. The molecule has 0 saturated carbocycles. The topological polar surface area (TPSA) is 63.2 Å². The van der Waals surface area contributed by atoms with Gasteiger partial charge in [-0.25, -0.2) is 17.2 Å². The highest BCUT2D eigenvalue weighted by molar-refractivity contribution is 7.92. The fraction of sp³-hybridized carbons (Fsp3) is 0.500. The van der Waals surface area contributed by atoms with E-state index in [2.05, 4.69) is 5.32 Å². The second-order valence-corrected chi connectivity index (χ2v) is 7.15. The van der Waals surface area contributed by atoms with Crippen LogP contribution < -0.4 is 5.32 Å². The van der Waals surface area contributed by atoms with E-state index in [1.54, 1.807) is 13.8 Å². The molecule has 4 nitrogen and oxygen atoms in total. The van der Waals surface area contributed by atoms with Gasteiger partial charge in [-0.1, -0.05) is 19.9 Å². The maximum Gasteiger partial charge on any atom is 0.235 e. The number of carbonyl (C=O) groups is 1. The SMILES string of the molecule is CCCS(=O)(=O)CC(=O)NC[C@H](C)c1ccc(F)c(F)c1. The predicted molar refractivity (Wildman–Crippen MR) is 76.7 cm³/mol. The molecule has 1 atom stereocenters. The van der Waals surface area contributed by atoms with Crippen molar-refractivity contribution in [3.05, 3.63) is 35.4 Å². The molecule has 0 heterocycles. The molecular weight excluding hydrogens is 300 g/mol. The highest BCUT2D eigenvalue weighted by Gasteiger charge is 2.16. The minimum atomic E-state index is -3.38. The molecule has 0 saturated heterocycles. The lowest BCUT2D eigenvalue weighted by atomic mass is 10.0. The summed E-state index contributed by atoms with van der Waals surface area (Å²) in [5.41, 5.74) is 0.533. The number of hydrogen-bond donors (Lipinski definition) is 1. The van der Waals surface area contributed by atoms with Gasteiger partial charge in [-0.05, 0) is 30.0 Å². The maximum atomic E-state index is 13.1. The standard InChI is InChI=1S/C14H19F2NO3S/c1-3-6-21(19,20)9-14(18)17-8-10(2)11-4-5-12(15)13(16)7-11/h4-5,7,10H,3,6,8-9H2,1-2H3,(H,17,18)/t10-/m0/s1. The summed E-state index contributed by atoms with van der Waals surface area (Å²) in [5.74, 6) is -3.29. The van der Waals surface area contributed by atoms with Gasteiger partial charge in [0.05, 0.1) is 5.75 Å². The molecule has 1 N–H and O–H groups in total. The zero-order chi connectivity index (χ0) is 16.0. The summed E-state index contributed by atoms with van der Waals surface area (Å²) in [6.07, 6.45) is 0.459. The number of carbonyl (C=O) groups excluding carboxylic acids is 1. The van der Waals surface area contributed by atoms with Crippen molar-refractivity contribution in [2.75, 3.05) is 18.1 Å². The highest BCUT2D eigenvalue weighted by Crippen LogP contribution is 2.17. The van der Waals surface area contributed by atoms with Crippen LogP contribution in [-0.2, 0) is 14.6 Å². The smallest absolute Gasteiger partial charge is 0.235 e. The second kappa shape index (κ2) is 7.49. The van der Waals surface area contributed by atoms with Crippen LogP contribution in [0.15, 0.2) is 18.2 Å². The summed E-state index contributed by atoms with van der Waals surface area (Å²) in [7, 11) is -3.38. The summed E-state index contributed by atoms with van der Waals surface area (Å²) in [6.45, 7) is 3.61. The van der Waals surface area contributed by atoms with E-state index in [0.717, 1.165) is 12.1 Å². The van der Waals surface area contributed by atoms with Crippen molar-refractivity contribution in [1.82, 2.24) is 5.32 Å². The van der Waals surface area contributed by atoms with Gasteiger partial charge in [0.2, 0.25) is 5.91 Å². The third-order valence-electron chi connectivity index (χ3n) is 2.98. The molecule has 118 valence electrons. The van der Waals surface area contributed by atoms with Crippen molar-refractivity contribution < 1.29 is 22.0 Å². The lowest BCUT2D eigenvalue weighted by molar-refractivity contribution is -0.118. The first kappa shape index (κ1) is 17.6. The molecule has 0 aromatic heterocycles. The molecule has 0 spiro atoms. The van der Waals surface area contributed by atoms with Crippen LogP contribution in [0, 0.1) is 11.6 Å². The molecule has 1 aromatic carbocycles. The number of rotatable bonds is 7. The Bertz CT molecular complexity index is 602. The van der Waals surface area contributed by atoms with Crippen LogP contribution >= 0.6 is 0 Å². The Morgan fingerprint density at radius 1 is 1.29 bits per heavy atom. The Kier molecular flexibility index (Phi) is 6.26. The fourth-order valence-corrected chi connectivity index (χ4v) is 3.11. The van der Waals surface area contributed by atoms with E-state index in [1.807, 2.05) is 0 Å². The van der Waals surface area contributed by atoms with E-state index < -0.39 is 33.1 Å². The van der Waals surface area contributed by atoms with E-state index in [1.165, 1.54) is 6.07 Å². The van der Waals surface area contributed by atoms with Crippen LogP contribution in [0.25, 0.3) is 0 Å². The van der Waals surface area contributed by atoms with Crippen LogP contribution in [-0.4, -0.2) is 32.4 Å². The third-order valence-corrected chi connectivity index (χ3v) is 4.72. The number of hydrogen-bond acceptors (Lipinski definition) is 3. The van der Waals surface area contributed by atoms with Gasteiger partial charge in [0.25, 0.3) is 0 Å². The van der Waals surface area contributed by atoms with Gasteiger partial charge in [0, 0.05) is 6.54 Å². The molecule has 1 amide bonds. The summed E-state index contributed by atoms with van der Waals surface area (Å²) in [5, 5.41) is 2.50. The van der Waals surface area contributed by atoms with Crippen molar-refractivity contribution in [3.63, 3.8) is 0 Å². The van der Waals surface area contributed by atoms with E-state index in [4.69, 9.17) is 0 Å². The van der Waals surface area contributed by atoms with Crippen molar-refractivity contribution in [2.24, 2.45) is 0 Å². The molecule has 0 fully saturated rings. The molecule has 21 heavy (non-hydrogen) atoms. The Labute approximate surface area is 123 Å². The van der Waals surface area contributed by atoms with Crippen molar-refractivity contribution in [3.8, 4) is 0 Å². The van der Waals surface area contributed by atoms with Crippen LogP contribution in [0.3, 0.4) is 0 Å². The number of benzene rings is 1. The maximum absolute atomic E-state index is 13.1. The molecule has 0 aliphatic rings. The molecule has 1 aromatic rings. The first-order valence-electron chi connectivity index (χ1n) is 6.67. The minimum absolute atomic E-state index is 0.0286. The Morgan fingerprint density at radius 2 is 1.95 bits per heavy atom. The first-order valence-corrected chi connectivity index (χ1v) is 8.49. The largest absolute Gasteiger partial charge is 0.355 e. The summed E-state index contributed by atoms with van der Waals surface area (Å²) in [4.78, 5) is 11.6. The Morgan fingerprint density at radius 3 is 2.52 bits per heavy atom. The number of amides is 1. The normalized spacial score (nSPS) is 13.0. The lowest BCUT2D eigenvalue weighted by Gasteiger charge is -2.13. The predicted octanol–water partition coefficient (Wildman–Crippen LogP) is 2.01. The average Bonchev–Trinajstić information content (AvgIpc) is 2.38. The Hall–Kier alpha value is -1.50. The second-order valence-electron chi connectivity index (χ2n) is 4.97. The van der Waals surface area contributed by atoms with E-state index >= 15 is 0 Å². The van der Waals surface area contributed by atoms with Crippen molar-refractivity contribution >= 4 is 15.7 Å². The molecule has 0 unspecified atom stereocenters. The van der Waals surface area contributed by atoms with Gasteiger partial charge in [-0.3, -0.25) is 4.79 Å². The third kappa shape index (κ3) is 5.79. The van der Waals surface area contributed by atoms with Crippen molar-refractivity contribution in [1.29, 1.82) is 0 Å². The van der Waals surface area contributed by atoms with E-state index in [9.17, 15) is 22.0 Å². The van der Waals surface area contributed by atoms with Gasteiger partial charge in [0.1, 0.15) is 5.75 Å². The summed E-state index contributed by atoms with van der Waals surface area (Å²) >= 11 is 0. The lowest BCUT2D eigenvalue weighted by Crippen LogP contribution is -2.33. The number of nitrogens with one attached hydrogen (secondary N) is 1. The van der Waals surface area contributed by atoms with E-state index in [0.29, 0.717) is 12.0 Å². The van der Waals surface area contributed by atoms with Crippen LogP contribution in [0.1, 0.15) is 31.7 Å². The fourth-order valence-electron chi connectivity index (χ4n) is 1.84. The average molecular weight is 319 g/mol. The van der Waals surface area contributed by atoms with Gasteiger partial charge in [-0.2, -0.15) is 0 Å².